The molecule has 8 heteroatoms. The Labute approximate surface area is 139 Å². The summed E-state index contributed by atoms with van der Waals surface area (Å²) < 4.78 is 4.84. The summed E-state index contributed by atoms with van der Waals surface area (Å²) in [5.74, 6) is -1.61. The van der Waals surface area contributed by atoms with Gasteiger partial charge in [0.1, 0.15) is 18.1 Å². The number of ether oxygens (including phenoxy) is 1. The lowest BCUT2D eigenvalue weighted by molar-refractivity contribution is -0.142. The highest BCUT2D eigenvalue weighted by Gasteiger charge is 2.25. The Bertz CT molecular complexity index is 546. The zero-order chi connectivity index (χ0) is 17.9. The third kappa shape index (κ3) is 6.76. The van der Waals surface area contributed by atoms with Crippen LogP contribution in [0, 0.1) is 0 Å². The summed E-state index contributed by atoms with van der Waals surface area (Å²) in [4.78, 5) is 34.2. The van der Waals surface area contributed by atoms with Crippen molar-refractivity contribution in [1.29, 1.82) is 0 Å². The number of carbonyl (C=O) groups excluding carboxylic acids is 2. The van der Waals surface area contributed by atoms with Crippen LogP contribution in [0.5, 0.6) is 5.75 Å². The number of phenols is 1. The van der Waals surface area contributed by atoms with Gasteiger partial charge in [0.2, 0.25) is 5.91 Å². The lowest BCUT2D eigenvalue weighted by atomic mass is 10.0. The minimum absolute atomic E-state index is 0.0754. The van der Waals surface area contributed by atoms with Gasteiger partial charge in [-0.1, -0.05) is 12.1 Å². The van der Waals surface area contributed by atoms with E-state index in [1.807, 2.05) is 0 Å². The second kappa shape index (κ2) is 10.3. The average Bonchev–Trinajstić information content (AvgIpc) is 2.56. The summed E-state index contributed by atoms with van der Waals surface area (Å²) in [5.41, 5.74) is 0.662. The quantitative estimate of drug-likeness (QED) is 0.332. The largest absolute Gasteiger partial charge is 0.508 e. The molecule has 132 valence electrons. The number of aldehydes is 1. The van der Waals surface area contributed by atoms with Crippen LogP contribution >= 0.6 is 0 Å². The minimum Gasteiger partial charge on any atom is -0.508 e. The molecule has 1 amide bonds. The average molecular weight is 338 g/mol. The molecule has 0 aliphatic carbocycles. The number of phenolic OH excluding ortho intramolecular Hbond substituents is 1. The predicted molar refractivity (Wildman–Crippen MR) is 85.5 cm³/mol. The number of carboxylic acid groups (broad SMARTS) is 1. The molecule has 1 rings (SSSR count). The first-order valence-electron chi connectivity index (χ1n) is 7.45. The van der Waals surface area contributed by atoms with E-state index in [4.69, 9.17) is 4.74 Å². The molecule has 0 bridgehead atoms. The Balaban J connectivity index is 2.73. The Morgan fingerprint density at radius 2 is 1.92 bits per heavy atom. The maximum absolute atomic E-state index is 12.3. The second-order valence-electron chi connectivity index (χ2n) is 5.20. The molecule has 0 aliphatic heterocycles. The van der Waals surface area contributed by atoms with Crippen molar-refractivity contribution in [3.8, 4) is 5.75 Å². The van der Waals surface area contributed by atoms with Gasteiger partial charge in [0.15, 0.2) is 0 Å². The third-order valence-electron chi connectivity index (χ3n) is 3.35. The van der Waals surface area contributed by atoms with E-state index in [1.165, 1.54) is 19.2 Å². The molecule has 0 heterocycles. The fraction of sp³-hybridized carbons (Fsp3) is 0.438. The van der Waals surface area contributed by atoms with Crippen molar-refractivity contribution in [3.05, 3.63) is 29.8 Å². The molecule has 0 fully saturated rings. The minimum atomic E-state index is -1.17. The van der Waals surface area contributed by atoms with Gasteiger partial charge in [-0.3, -0.25) is 10.1 Å². The molecule has 0 spiro atoms. The van der Waals surface area contributed by atoms with Gasteiger partial charge in [-0.05, 0) is 24.1 Å². The number of nitrogens with one attached hydrogen (secondary N) is 2. The highest BCUT2D eigenvalue weighted by Crippen LogP contribution is 2.11. The van der Waals surface area contributed by atoms with Crippen molar-refractivity contribution in [1.82, 2.24) is 10.6 Å². The zero-order valence-electron chi connectivity index (χ0n) is 13.4. The normalized spacial score (nSPS) is 13.0. The number of hydrogen-bond donors (Lipinski definition) is 4. The van der Waals surface area contributed by atoms with Crippen LogP contribution in [-0.4, -0.2) is 54.3 Å². The number of aromatic hydroxyl groups is 1. The summed E-state index contributed by atoms with van der Waals surface area (Å²) in [7, 11) is 1.45. The Morgan fingerprint density at radius 3 is 2.46 bits per heavy atom. The maximum Gasteiger partial charge on any atom is 0.326 e. The van der Waals surface area contributed by atoms with Crippen LogP contribution in [0.25, 0.3) is 0 Å². The number of carboxylic acids is 1. The fourth-order valence-corrected chi connectivity index (χ4v) is 2.08. The molecule has 2 atom stereocenters. The summed E-state index contributed by atoms with van der Waals surface area (Å²) in [6.07, 6.45) is 1.18. The lowest BCUT2D eigenvalue weighted by Gasteiger charge is -2.21. The SMILES string of the molecule is COCNC(CCC=O)C(=O)NC(Cc1ccc(O)cc1)C(=O)O. The first-order valence-corrected chi connectivity index (χ1v) is 7.45. The first kappa shape index (κ1) is 19.6. The highest BCUT2D eigenvalue weighted by molar-refractivity contribution is 5.87. The van der Waals surface area contributed by atoms with E-state index in [1.54, 1.807) is 12.1 Å². The van der Waals surface area contributed by atoms with Crippen LogP contribution in [0.3, 0.4) is 0 Å². The van der Waals surface area contributed by atoms with Crippen LogP contribution in [0.1, 0.15) is 18.4 Å². The molecule has 0 saturated carbocycles. The van der Waals surface area contributed by atoms with Gasteiger partial charge in [0, 0.05) is 20.0 Å². The van der Waals surface area contributed by atoms with Crippen LogP contribution in [-0.2, 0) is 25.5 Å². The molecule has 1 aromatic carbocycles. The number of aliphatic carboxylic acids is 1. The van der Waals surface area contributed by atoms with Crippen LogP contribution in [0.2, 0.25) is 0 Å². The topological polar surface area (TPSA) is 125 Å². The third-order valence-corrected chi connectivity index (χ3v) is 3.35. The number of benzene rings is 1. The summed E-state index contributed by atoms with van der Waals surface area (Å²) in [5, 5.41) is 23.8. The molecule has 2 unspecified atom stereocenters. The number of rotatable bonds is 11. The standard InChI is InChI=1S/C16H22N2O6/c1-24-10-17-13(3-2-8-19)15(21)18-14(16(22)23)9-11-4-6-12(20)7-5-11/h4-8,13-14,17,20H,2-3,9-10H2,1H3,(H,18,21)(H,22,23). The van der Waals surface area contributed by atoms with E-state index in [0.29, 0.717) is 11.8 Å². The van der Waals surface area contributed by atoms with Crippen molar-refractivity contribution in [2.24, 2.45) is 0 Å². The van der Waals surface area contributed by atoms with Crippen LogP contribution < -0.4 is 10.6 Å². The van der Waals surface area contributed by atoms with Crippen molar-refractivity contribution in [2.75, 3.05) is 13.8 Å². The number of methoxy groups -OCH3 is 1. The molecular weight excluding hydrogens is 316 g/mol. The molecule has 0 saturated heterocycles. The highest BCUT2D eigenvalue weighted by atomic mass is 16.5. The molecule has 0 aliphatic rings. The molecule has 24 heavy (non-hydrogen) atoms. The van der Waals surface area contributed by atoms with Gasteiger partial charge in [0.25, 0.3) is 0 Å². The van der Waals surface area contributed by atoms with Crippen LogP contribution in [0.4, 0.5) is 0 Å². The summed E-state index contributed by atoms with van der Waals surface area (Å²) in [6.45, 7) is 0.104. The lowest BCUT2D eigenvalue weighted by Crippen LogP contribution is -2.51. The first-order chi connectivity index (χ1) is 11.5. The van der Waals surface area contributed by atoms with Gasteiger partial charge in [0.05, 0.1) is 12.8 Å². The molecule has 1 aromatic rings. The number of carbonyl (C=O) groups is 3. The summed E-state index contributed by atoms with van der Waals surface area (Å²) >= 11 is 0. The monoisotopic (exact) mass is 338 g/mol. The Kier molecular flexibility index (Phi) is 8.45. The van der Waals surface area contributed by atoms with E-state index in [9.17, 15) is 24.6 Å². The predicted octanol–water partition coefficient (Wildman–Crippen LogP) is 0.0453. The molecular formula is C16H22N2O6. The van der Waals surface area contributed by atoms with Crippen molar-refractivity contribution >= 4 is 18.2 Å². The second-order valence-corrected chi connectivity index (χ2v) is 5.20. The van der Waals surface area contributed by atoms with Crippen LogP contribution in [0.15, 0.2) is 24.3 Å². The van der Waals surface area contributed by atoms with Gasteiger partial charge in [-0.25, -0.2) is 4.79 Å². The number of hydrogen-bond acceptors (Lipinski definition) is 6. The van der Waals surface area contributed by atoms with Crippen molar-refractivity contribution < 1.29 is 29.3 Å². The Morgan fingerprint density at radius 1 is 1.25 bits per heavy atom. The van der Waals surface area contributed by atoms with E-state index >= 15 is 0 Å². The molecule has 0 radical (unpaired) electrons. The molecule has 8 nitrogen and oxygen atoms in total. The maximum atomic E-state index is 12.3. The van der Waals surface area contributed by atoms with Gasteiger partial charge >= 0.3 is 5.97 Å². The van der Waals surface area contributed by atoms with Gasteiger partial charge in [-0.2, -0.15) is 0 Å². The van der Waals surface area contributed by atoms with E-state index in [0.717, 1.165) is 0 Å². The smallest absolute Gasteiger partial charge is 0.326 e. The number of amides is 1. The zero-order valence-corrected chi connectivity index (χ0v) is 13.4. The van der Waals surface area contributed by atoms with E-state index in [-0.39, 0.29) is 31.7 Å². The van der Waals surface area contributed by atoms with E-state index < -0.39 is 24.0 Å². The van der Waals surface area contributed by atoms with Gasteiger partial charge < -0.3 is 25.1 Å². The van der Waals surface area contributed by atoms with Crippen molar-refractivity contribution in [3.63, 3.8) is 0 Å². The summed E-state index contributed by atoms with van der Waals surface area (Å²) in [6, 6.07) is 4.23. The molecule has 0 aromatic heterocycles. The fourth-order valence-electron chi connectivity index (χ4n) is 2.08. The van der Waals surface area contributed by atoms with Crippen molar-refractivity contribution in [2.45, 2.75) is 31.3 Å². The Hall–Kier alpha value is -2.45. The van der Waals surface area contributed by atoms with E-state index in [2.05, 4.69) is 10.6 Å². The van der Waals surface area contributed by atoms with Gasteiger partial charge in [-0.15, -0.1) is 0 Å². The molecule has 4 N–H and O–H groups in total.